The molecule has 0 radical (unpaired) electrons. The Labute approximate surface area is 185 Å². The van der Waals surface area contributed by atoms with Crippen molar-refractivity contribution in [3.05, 3.63) is 59.5 Å². The van der Waals surface area contributed by atoms with Crippen molar-refractivity contribution in [3.8, 4) is 17.0 Å². The Morgan fingerprint density at radius 1 is 1.13 bits per heavy atom. The summed E-state index contributed by atoms with van der Waals surface area (Å²) < 4.78 is 16.2. The molecule has 162 valence electrons. The number of hydrogen-bond donors (Lipinski definition) is 1. The highest BCUT2D eigenvalue weighted by molar-refractivity contribution is 7.14. The molecular formula is C23H25N3O4S. The minimum atomic E-state index is -0.181. The Kier molecular flexibility index (Phi) is 7.14. The maximum atomic E-state index is 12.7. The highest BCUT2D eigenvalue weighted by Gasteiger charge is 2.15. The van der Waals surface area contributed by atoms with Crippen molar-refractivity contribution in [1.82, 2.24) is 4.98 Å². The molecule has 3 aromatic rings. The summed E-state index contributed by atoms with van der Waals surface area (Å²) in [5.74, 6) is 0.556. The number of carbonyl (C=O) groups is 1. The van der Waals surface area contributed by atoms with E-state index in [-0.39, 0.29) is 5.91 Å². The number of ether oxygens (including phenoxy) is 3. The number of morpholine rings is 1. The number of nitrogens with one attached hydrogen (secondary N) is 1. The lowest BCUT2D eigenvalue weighted by molar-refractivity contribution is 0.102. The van der Waals surface area contributed by atoms with Gasteiger partial charge in [0.05, 0.1) is 25.5 Å². The Bertz CT molecular complexity index is 1000. The average Bonchev–Trinajstić information content (AvgIpc) is 3.28. The maximum absolute atomic E-state index is 12.7. The molecular weight excluding hydrogens is 414 g/mol. The van der Waals surface area contributed by atoms with Crippen LogP contribution in [0.4, 0.5) is 10.8 Å². The van der Waals surface area contributed by atoms with Gasteiger partial charge in [-0.2, -0.15) is 0 Å². The molecule has 1 aliphatic heterocycles. The van der Waals surface area contributed by atoms with Crippen LogP contribution < -0.4 is 15.0 Å². The van der Waals surface area contributed by atoms with Crippen LogP contribution in [0.5, 0.6) is 5.75 Å². The van der Waals surface area contributed by atoms with Crippen molar-refractivity contribution in [1.29, 1.82) is 0 Å². The first-order valence-corrected chi connectivity index (χ1v) is 11.0. The molecule has 8 heteroatoms. The van der Waals surface area contributed by atoms with E-state index >= 15 is 0 Å². The van der Waals surface area contributed by atoms with Crippen molar-refractivity contribution in [3.63, 3.8) is 0 Å². The quantitative estimate of drug-likeness (QED) is 0.537. The van der Waals surface area contributed by atoms with Crippen LogP contribution in [0.1, 0.15) is 10.4 Å². The van der Waals surface area contributed by atoms with Crippen molar-refractivity contribution in [2.45, 2.75) is 0 Å². The van der Waals surface area contributed by atoms with Crippen molar-refractivity contribution >= 4 is 28.1 Å². The first-order chi connectivity index (χ1) is 15.2. The molecule has 2 heterocycles. The van der Waals surface area contributed by atoms with Gasteiger partial charge in [-0.15, -0.1) is 11.3 Å². The average molecular weight is 440 g/mol. The third-order valence-corrected chi connectivity index (χ3v) is 5.70. The Morgan fingerprint density at radius 2 is 1.90 bits per heavy atom. The van der Waals surface area contributed by atoms with Crippen LogP contribution in [-0.2, 0) is 9.47 Å². The van der Waals surface area contributed by atoms with Crippen molar-refractivity contribution < 1.29 is 19.0 Å². The molecule has 0 unspecified atom stereocenters. The van der Waals surface area contributed by atoms with Gasteiger partial charge in [-0.05, 0) is 36.4 Å². The molecule has 1 aliphatic rings. The predicted molar refractivity (Wildman–Crippen MR) is 122 cm³/mol. The van der Waals surface area contributed by atoms with Crippen molar-refractivity contribution in [2.75, 3.05) is 56.8 Å². The molecule has 4 rings (SSSR count). The van der Waals surface area contributed by atoms with E-state index in [1.807, 2.05) is 53.9 Å². The first-order valence-electron chi connectivity index (χ1n) is 10.2. The first kappa shape index (κ1) is 21.3. The summed E-state index contributed by atoms with van der Waals surface area (Å²) in [6.45, 7) is 4.16. The Morgan fingerprint density at radius 3 is 2.68 bits per heavy atom. The lowest BCUT2D eigenvalue weighted by Gasteiger charge is -2.28. The van der Waals surface area contributed by atoms with E-state index in [2.05, 4.69) is 15.2 Å². The SMILES string of the molecule is COCCOc1ccccc1-c1csc(NC(=O)c2ccc(N3CCOCC3)cc2)n1. The number of para-hydroxylation sites is 1. The van der Waals surface area contributed by atoms with Gasteiger partial charge in [0.1, 0.15) is 12.4 Å². The Hall–Kier alpha value is -2.94. The van der Waals surface area contributed by atoms with Gasteiger partial charge in [0.15, 0.2) is 5.13 Å². The summed E-state index contributed by atoms with van der Waals surface area (Å²) in [5.41, 5.74) is 3.33. The summed E-state index contributed by atoms with van der Waals surface area (Å²) in [7, 11) is 1.64. The topological polar surface area (TPSA) is 72.9 Å². The van der Waals surface area contributed by atoms with Gasteiger partial charge in [0.25, 0.3) is 5.91 Å². The number of carbonyl (C=O) groups excluding carboxylic acids is 1. The molecule has 1 aromatic heterocycles. The van der Waals surface area contributed by atoms with E-state index in [9.17, 15) is 4.79 Å². The van der Waals surface area contributed by atoms with E-state index in [1.165, 1.54) is 11.3 Å². The number of thiazole rings is 1. The van der Waals surface area contributed by atoms with Gasteiger partial charge in [-0.3, -0.25) is 10.1 Å². The third-order valence-electron chi connectivity index (χ3n) is 4.94. The normalized spacial score (nSPS) is 13.8. The van der Waals surface area contributed by atoms with Crippen LogP contribution in [0.3, 0.4) is 0 Å². The molecule has 1 N–H and O–H groups in total. The number of anilines is 2. The zero-order valence-electron chi connectivity index (χ0n) is 17.4. The van der Waals surface area contributed by atoms with E-state index in [1.54, 1.807) is 7.11 Å². The number of nitrogens with zero attached hydrogens (tertiary/aromatic N) is 2. The van der Waals surface area contributed by atoms with E-state index in [0.717, 1.165) is 49.0 Å². The lowest BCUT2D eigenvalue weighted by Crippen LogP contribution is -2.36. The molecule has 2 aromatic carbocycles. The molecule has 1 saturated heterocycles. The minimum Gasteiger partial charge on any atom is -0.490 e. The van der Waals surface area contributed by atoms with Crippen LogP contribution in [0.25, 0.3) is 11.3 Å². The second kappa shape index (κ2) is 10.4. The monoisotopic (exact) mass is 439 g/mol. The molecule has 31 heavy (non-hydrogen) atoms. The van der Waals surface area contributed by atoms with E-state index < -0.39 is 0 Å². The Balaban J connectivity index is 1.41. The second-order valence-electron chi connectivity index (χ2n) is 6.98. The molecule has 0 aliphatic carbocycles. The summed E-state index contributed by atoms with van der Waals surface area (Å²) >= 11 is 1.38. The smallest absolute Gasteiger partial charge is 0.257 e. The van der Waals surface area contributed by atoms with E-state index in [4.69, 9.17) is 14.2 Å². The van der Waals surface area contributed by atoms with Crippen LogP contribution in [-0.4, -0.2) is 57.5 Å². The number of aromatic nitrogens is 1. The number of methoxy groups -OCH3 is 1. The summed E-state index contributed by atoms with van der Waals surface area (Å²) in [6.07, 6.45) is 0. The van der Waals surface area contributed by atoms with Crippen LogP contribution >= 0.6 is 11.3 Å². The fraction of sp³-hybridized carbons (Fsp3) is 0.304. The molecule has 0 spiro atoms. The minimum absolute atomic E-state index is 0.181. The number of rotatable bonds is 8. The third kappa shape index (κ3) is 5.41. The fourth-order valence-corrected chi connectivity index (χ4v) is 4.01. The van der Waals surface area contributed by atoms with Crippen LogP contribution in [0.15, 0.2) is 53.9 Å². The van der Waals surface area contributed by atoms with Gasteiger partial charge in [-0.1, -0.05) is 12.1 Å². The molecule has 0 bridgehead atoms. The molecule has 0 atom stereocenters. The van der Waals surface area contributed by atoms with Gasteiger partial charge in [-0.25, -0.2) is 4.98 Å². The zero-order valence-corrected chi connectivity index (χ0v) is 18.2. The van der Waals surface area contributed by atoms with Crippen molar-refractivity contribution in [2.24, 2.45) is 0 Å². The van der Waals surface area contributed by atoms with Gasteiger partial charge in [0.2, 0.25) is 0 Å². The molecule has 1 amide bonds. The van der Waals surface area contributed by atoms with E-state index in [0.29, 0.717) is 23.9 Å². The molecule has 1 fully saturated rings. The second-order valence-corrected chi connectivity index (χ2v) is 7.83. The fourth-order valence-electron chi connectivity index (χ4n) is 3.31. The lowest BCUT2D eigenvalue weighted by atomic mass is 10.1. The van der Waals surface area contributed by atoms with Gasteiger partial charge < -0.3 is 19.1 Å². The highest BCUT2D eigenvalue weighted by atomic mass is 32.1. The highest BCUT2D eigenvalue weighted by Crippen LogP contribution is 2.32. The number of amides is 1. The van der Waals surface area contributed by atoms with Gasteiger partial charge in [0, 0.05) is 42.4 Å². The number of benzene rings is 2. The zero-order chi connectivity index (χ0) is 21.5. The standard InChI is InChI=1S/C23H25N3O4S/c1-28-14-15-30-21-5-3-2-4-19(21)20-16-31-23(24-20)25-22(27)17-6-8-18(9-7-17)26-10-12-29-13-11-26/h2-9,16H,10-15H2,1H3,(H,24,25,27). The predicted octanol–water partition coefficient (Wildman–Crippen LogP) is 3.92. The molecule has 7 nitrogen and oxygen atoms in total. The summed E-state index contributed by atoms with van der Waals surface area (Å²) in [4.78, 5) is 19.5. The largest absolute Gasteiger partial charge is 0.490 e. The summed E-state index contributed by atoms with van der Waals surface area (Å²) in [6, 6.07) is 15.3. The van der Waals surface area contributed by atoms with Crippen LogP contribution in [0, 0.1) is 0 Å². The summed E-state index contributed by atoms with van der Waals surface area (Å²) in [5, 5.41) is 5.35. The number of hydrogen-bond acceptors (Lipinski definition) is 7. The molecule has 0 saturated carbocycles. The van der Waals surface area contributed by atoms with Gasteiger partial charge >= 0.3 is 0 Å². The van der Waals surface area contributed by atoms with Crippen LogP contribution in [0.2, 0.25) is 0 Å². The maximum Gasteiger partial charge on any atom is 0.257 e.